The Labute approximate surface area is 129 Å². The van der Waals surface area contributed by atoms with Crippen molar-refractivity contribution < 1.29 is 23.8 Å². The van der Waals surface area contributed by atoms with Gasteiger partial charge in [-0.05, 0) is 39.8 Å². The molecule has 0 aliphatic carbocycles. The van der Waals surface area contributed by atoms with Crippen molar-refractivity contribution in [1.82, 2.24) is 5.32 Å². The van der Waals surface area contributed by atoms with Gasteiger partial charge in [0.2, 0.25) is 0 Å². The van der Waals surface area contributed by atoms with Crippen LogP contribution in [0.25, 0.3) is 0 Å². The summed E-state index contributed by atoms with van der Waals surface area (Å²) < 4.78 is 15.3. The van der Waals surface area contributed by atoms with Gasteiger partial charge in [0.25, 0.3) is 0 Å². The fraction of sp³-hybridized carbons (Fsp3) is 0.467. The summed E-state index contributed by atoms with van der Waals surface area (Å²) in [6.07, 6.45) is -0.698. The van der Waals surface area contributed by atoms with Gasteiger partial charge in [-0.2, -0.15) is 0 Å². The molecule has 0 saturated carbocycles. The van der Waals surface area contributed by atoms with E-state index in [0.717, 1.165) is 0 Å². The average Bonchev–Trinajstić information content (AvgIpc) is 2.36. The zero-order chi connectivity index (χ0) is 16.9. The Bertz CT molecular complexity index is 551. The first-order valence-electron chi connectivity index (χ1n) is 6.77. The molecule has 1 rings (SSSR count). The normalized spacial score (nSPS) is 12.2. The van der Waals surface area contributed by atoms with E-state index < -0.39 is 23.7 Å². The van der Waals surface area contributed by atoms with Crippen LogP contribution in [0.5, 0.6) is 11.5 Å². The molecule has 0 spiro atoms. The molecule has 1 aromatic rings. The van der Waals surface area contributed by atoms with Crippen LogP contribution < -0.4 is 20.5 Å². The van der Waals surface area contributed by atoms with Crippen molar-refractivity contribution in [2.24, 2.45) is 0 Å². The van der Waals surface area contributed by atoms with Gasteiger partial charge in [0, 0.05) is 11.8 Å². The van der Waals surface area contributed by atoms with E-state index >= 15 is 0 Å². The predicted molar refractivity (Wildman–Crippen MR) is 81.9 cm³/mol. The smallest absolute Gasteiger partial charge is 0.408 e. The Balaban J connectivity index is 2.69. The lowest BCUT2D eigenvalue weighted by molar-refractivity contribution is -0.136. The highest BCUT2D eigenvalue weighted by atomic mass is 16.6. The highest BCUT2D eigenvalue weighted by Gasteiger charge is 2.23. The zero-order valence-corrected chi connectivity index (χ0v) is 13.4. The van der Waals surface area contributed by atoms with Gasteiger partial charge in [-0.25, -0.2) is 9.59 Å². The lowest BCUT2D eigenvalue weighted by Crippen LogP contribution is -2.43. The van der Waals surface area contributed by atoms with E-state index in [4.69, 9.17) is 19.9 Å². The van der Waals surface area contributed by atoms with Crippen molar-refractivity contribution in [3.05, 3.63) is 18.2 Å². The molecular weight excluding hydrogens is 288 g/mol. The van der Waals surface area contributed by atoms with E-state index in [1.807, 2.05) is 0 Å². The third-order valence-corrected chi connectivity index (χ3v) is 2.49. The van der Waals surface area contributed by atoms with Gasteiger partial charge in [0.15, 0.2) is 11.5 Å². The number of rotatable bonds is 4. The Hall–Kier alpha value is -2.44. The van der Waals surface area contributed by atoms with Crippen LogP contribution in [0, 0.1) is 0 Å². The summed E-state index contributed by atoms with van der Waals surface area (Å²) in [6, 6.07) is 3.79. The van der Waals surface area contributed by atoms with Crippen molar-refractivity contribution in [3.8, 4) is 11.5 Å². The van der Waals surface area contributed by atoms with Crippen LogP contribution in [-0.2, 0) is 9.53 Å². The number of amides is 1. The number of hydrogen-bond acceptors (Lipinski definition) is 6. The summed E-state index contributed by atoms with van der Waals surface area (Å²) in [4.78, 5) is 23.6. The summed E-state index contributed by atoms with van der Waals surface area (Å²) in [5.41, 5.74) is 5.43. The molecule has 7 nitrogen and oxygen atoms in total. The molecule has 0 heterocycles. The Morgan fingerprint density at radius 2 is 1.86 bits per heavy atom. The van der Waals surface area contributed by atoms with E-state index in [9.17, 15) is 9.59 Å². The van der Waals surface area contributed by atoms with Crippen molar-refractivity contribution in [3.63, 3.8) is 0 Å². The van der Waals surface area contributed by atoms with Gasteiger partial charge in [0.1, 0.15) is 11.6 Å². The predicted octanol–water partition coefficient (Wildman–Crippen LogP) is 2.10. The number of nitrogen functional groups attached to an aromatic ring is 1. The van der Waals surface area contributed by atoms with Crippen LogP contribution in [0.3, 0.4) is 0 Å². The van der Waals surface area contributed by atoms with Crippen LogP contribution in [0.15, 0.2) is 18.2 Å². The number of methoxy groups -OCH3 is 1. The number of ether oxygens (including phenoxy) is 3. The Morgan fingerprint density at radius 3 is 2.41 bits per heavy atom. The van der Waals surface area contributed by atoms with Gasteiger partial charge in [-0.3, -0.25) is 0 Å². The maximum atomic E-state index is 12.0. The minimum absolute atomic E-state index is 0.185. The van der Waals surface area contributed by atoms with E-state index in [2.05, 4.69) is 5.32 Å². The second kappa shape index (κ2) is 7.02. The monoisotopic (exact) mass is 310 g/mol. The highest BCUT2D eigenvalue weighted by molar-refractivity contribution is 5.83. The summed E-state index contributed by atoms with van der Waals surface area (Å²) in [7, 11) is 1.45. The summed E-state index contributed by atoms with van der Waals surface area (Å²) in [5.74, 6) is -0.105. The molecule has 122 valence electrons. The minimum atomic E-state index is -0.888. The third kappa shape index (κ3) is 5.51. The first-order chi connectivity index (χ1) is 10.1. The first-order valence-corrected chi connectivity index (χ1v) is 6.77. The molecular formula is C15H22N2O5. The largest absolute Gasteiger partial charge is 0.493 e. The van der Waals surface area contributed by atoms with Gasteiger partial charge < -0.3 is 25.3 Å². The Kier molecular flexibility index (Phi) is 5.62. The van der Waals surface area contributed by atoms with Crippen LogP contribution in [0.4, 0.5) is 10.5 Å². The molecule has 3 N–H and O–H groups in total. The maximum absolute atomic E-state index is 12.0. The summed E-state index contributed by atoms with van der Waals surface area (Å²) in [5, 5.41) is 2.40. The van der Waals surface area contributed by atoms with Gasteiger partial charge in [-0.1, -0.05) is 0 Å². The second-order valence-electron chi connectivity index (χ2n) is 5.70. The lowest BCUT2D eigenvalue weighted by atomic mass is 10.2. The van der Waals surface area contributed by atoms with Gasteiger partial charge >= 0.3 is 12.1 Å². The number of hydrogen-bond donors (Lipinski definition) is 2. The van der Waals surface area contributed by atoms with Gasteiger partial charge in [-0.15, -0.1) is 0 Å². The molecule has 22 heavy (non-hydrogen) atoms. The molecule has 0 saturated heterocycles. The Morgan fingerprint density at radius 1 is 1.23 bits per heavy atom. The number of benzene rings is 1. The van der Waals surface area contributed by atoms with Crippen molar-refractivity contribution in [2.75, 3.05) is 12.8 Å². The SMILES string of the molecule is COc1ccc(N)cc1OC(=O)[C@H](C)NC(=O)OC(C)(C)C. The molecule has 1 aromatic carbocycles. The number of carbonyl (C=O) groups excluding carboxylic acids is 2. The molecule has 0 fully saturated rings. The van der Waals surface area contributed by atoms with Crippen molar-refractivity contribution in [1.29, 1.82) is 0 Å². The lowest BCUT2D eigenvalue weighted by Gasteiger charge is -2.21. The fourth-order valence-corrected chi connectivity index (χ4v) is 1.51. The minimum Gasteiger partial charge on any atom is -0.493 e. The van der Waals surface area contributed by atoms with E-state index in [-0.39, 0.29) is 5.75 Å². The van der Waals surface area contributed by atoms with Crippen LogP contribution in [-0.4, -0.2) is 30.8 Å². The third-order valence-electron chi connectivity index (χ3n) is 2.49. The molecule has 0 aliphatic rings. The number of nitrogens with one attached hydrogen (secondary N) is 1. The zero-order valence-electron chi connectivity index (χ0n) is 13.4. The van der Waals surface area contributed by atoms with Crippen molar-refractivity contribution in [2.45, 2.75) is 39.3 Å². The number of carbonyl (C=O) groups is 2. The topological polar surface area (TPSA) is 99.9 Å². The molecule has 1 amide bonds. The highest BCUT2D eigenvalue weighted by Crippen LogP contribution is 2.29. The first kappa shape index (κ1) is 17.6. The van der Waals surface area contributed by atoms with Gasteiger partial charge in [0.05, 0.1) is 7.11 Å². The second-order valence-corrected chi connectivity index (χ2v) is 5.70. The summed E-state index contributed by atoms with van der Waals surface area (Å²) >= 11 is 0. The average molecular weight is 310 g/mol. The van der Waals surface area contributed by atoms with E-state index in [0.29, 0.717) is 11.4 Å². The number of nitrogens with two attached hydrogens (primary N) is 1. The van der Waals surface area contributed by atoms with E-state index in [1.165, 1.54) is 20.1 Å². The maximum Gasteiger partial charge on any atom is 0.408 e. The summed E-state index contributed by atoms with van der Waals surface area (Å²) in [6.45, 7) is 6.68. The van der Waals surface area contributed by atoms with E-state index in [1.54, 1.807) is 32.9 Å². The number of esters is 1. The molecule has 0 aromatic heterocycles. The molecule has 1 atom stereocenters. The molecule has 0 radical (unpaired) electrons. The van der Waals surface area contributed by atoms with Crippen LogP contribution in [0.1, 0.15) is 27.7 Å². The molecule has 7 heteroatoms. The van der Waals surface area contributed by atoms with Crippen molar-refractivity contribution >= 4 is 17.7 Å². The quantitative estimate of drug-likeness (QED) is 0.502. The number of anilines is 1. The van der Waals surface area contributed by atoms with Crippen LogP contribution >= 0.6 is 0 Å². The number of alkyl carbamates (subject to hydrolysis) is 1. The molecule has 0 bridgehead atoms. The molecule has 0 unspecified atom stereocenters. The molecule has 0 aliphatic heterocycles. The van der Waals surface area contributed by atoms with Crippen LogP contribution in [0.2, 0.25) is 0 Å². The standard InChI is InChI=1S/C15H22N2O5/c1-9(17-14(19)22-15(2,3)4)13(18)21-12-8-10(16)6-7-11(12)20-5/h6-9H,16H2,1-5H3,(H,17,19)/t9-/m0/s1. The fourth-order valence-electron chi connectivity index (χ4n) is 1.51.